The summed E-state index contributed by atoms with van der Waals surface area (Å²) in [7, 11) is 0. The van der Waals surface area contributed by atoms with E-state index in [-0.39, 0.29) is 5.57 Å². The SMILES string of the molecule is C=C(C)C(=O)OCC(F)(F)OC(F)(F)CF. The highest BCUT2D eigenvalue weighted by Gasteiger charge is 2.45. The van der Waals surface area contributed by atoms with Crippen molar-refractivity contribution < 1.29 is 36.2 Å². The van der Waals surface area contributed by atoms with Crippen LogP contribution in [0.25, 0.3) is 0 Å². The Morgan fingerprint density at radius 2 is 1.75 bits per heavy atom. The second-order valence-electron chi connectivity index (χ2n) is 2.87. The third-order valence-corrected chi connectivity index (χ3v) is 1.17. The molecule has 0 saturated carbocycles. The number of esters is 1. The summed E-state index contributed by atoms with van der Waals surface area (Å²) in [5.41, 5.74) is -0.187. The number of alkyl halides is 5. The number of hydrogen-bond acceptors (Lipinski definition) is 3. The molecule has 0 rings (SSSR count). The van der Waals surface area contributed by atoms with E-state index in [4.69, 9.17) is 0 Å². The Labute approximate surface area is 87.8 Å². The Bertz CT molecular complexity index is 277. The lowest BCUT2D eigenvalue weighted by atomic mass is 10.4. The van der Waals surface area contributed by atoms with Crippen molar-refractivity contribution >= 4 is 5.97 Å². The van der Waals surface area contributed by atoms with Crippen LogP contribution in [0.4, 0.5) is 22.0 Å². The van der Waals surface area contributed by atoms with Gasteiger partial charge in [-0.3, -0.25) is 4.74 Å². The molecule has 8 heteroatoms. The van der Waals surface area contributed by atoms with E-state index >= 15 is 0 Å². The van der Waals surface area contributed by atoms with Gasteiger partial charge in [0.1, 0.15) is 0 Å². The molecule has 0 atom stereocenters. The number of carbonyl (C=O) groups excluding carboxylic acids is 1. The van der Waals surface area contributed by atoms with Crippen LogP contribution in [0.2, 0.25) is 0 Å². The minimum atomic E-state index is -4.63. The molecule has 0 radical (unpaired) electrons. The fourth-order valence-electron chi connectivity index (χ4n) is 0.548. The fraction of sp³-hybridized carbons (Fsp3) is 0.625. The van der Waals surface area contributed by atoms with Crippen molar-refractivity contribution in [3.05, 3.63) is 12.2 Å². The lowest BCUT2D eigenvalue weighted by Crippen LogP contribution is -2.38. The van der Waals surface area contributed by atoms with Crippen LogP contribution in [0.15, 0.2) is 12.2 Å². The largest absolute Gasteiger partial charge is 0.453 e. The molecule has 0 spiro atoms. The maximum atomic E-state index is 12.6. The zero-order valence-electron chi connectivity index (χ0n) is 8.24. The van der Waals surface area contributed by atoms with Crippen molar-refractivity contribution in [2.24, 2.45) is 0 Å². The van der Waals surface area contributed by atoms with Gasteiger partial charge >= 0.3 is 18.2 Å². The zero-order valence-corrected chi connectivity index (χ0v) is 8.24. The molecular weight excluding hydrogens is 239 g/mol. The molecule has 0 aliphatic heterocycles. The highest BCUT2D eigenvalue weighted by molar-refractivity contribution is 5.86. The van der Waals surface area contributed by atoms with Crippen molar-refractivity contribution in [1.29, 1.82) is 0 Å². The first-order valence-electron chi connectivity index (χ1n) is 3.94. The van der Waals surface area contributed by atoms with E-state index in [1.807, 2.05) is 0 Å². The topological polar surface area (TPSA) is 35.5 Å². The molecule has 0 aromatic heterocycles. The Morgan fingerprint density at radius 1 is 1.25 bits per heavy atom. The van der Waals surface area contributed by atoms with Crippen molar-refractivity contribution in [2.45, 2.75) is 19.1 Å². The monoisotopic (exact) mass is 248 g/mol. The van der Waals surface area contributed by atoms with E-state index in [1.165, 1.54) is 6.92 Å². The second kappa shape index (κ2) is 5.24. The summed E-state index contributed by atoms with van der Waals surface area (Å²) < 4.78 is 67.5. The van der Waals surface area contributed by atoms with Gasteiger partial charge in [-0.15, -0.1) is 0 Å². The normalized spacial score (nSPS) is 12.4. The number of carbonyl (C=O) groups is 1. The second-order valence-corrected chi connectivity index (χ2v) is 2.87. The molecular formula is C8H9F5O3. The predicted molar refractivity (Wildman–Crippen MR) is 42.7 cm³/mol. The lowest BCUT2D eigenvalue weighted by molar-refractivity contribution is -0.384. The van der Waals surface area contributed by atoms with Crippen molar-refractivity contribution in [2.75, 3.05) is 13.3 Å². The minimum absolute atomic E-state index is 0.187. The molecule has 94 valence electrons. The summed E-state index contributed by atoms with van der Waals surface area (Å²) in [5.74, 6) is -1.19. The predicted octanol–water partition coefficient (Wildman–Crippen LogP) is 2.28. The summed E-state index contributed by atoms with van der Waals surface area (Å²) in [6.45, 7) is 0.109. The molecule has 0 aliphatic rings. The van der Waals surface area contributed by atoms with E-state index < -0.39 is 31.5 Å². The van der Waals surface area contributed by atoms with Crippen molar-refractivity contribution in [3.8, 4) is 0 Å². The van der Waals surface area contributed by atoms with Gasteiger partial charge in [-0.2, -0.15) is 17.6 Å². The van der Waals surface area contributed by atoms with Crippen LogP contribution in [0.1, 0.15) is 6.92 Å². The summed E-state index contributed by atoms with van der Waals surface area (Å²) in [6, 6.07) is 0. The average Bonchev–Trinajstić information content (AvgIpc) is 2.12. The first kappa shape index (κ1) is 14.8. The first-order chi connectivity index (χ1) is 7.09. The van der Waals surface area contributed by atoms with Gasteiger partial charge in [0.15, 0.2) is 13.3 Å². The molecule has 0 saturated heterocycles. The minimum Gasteiger partial charge on any atom is -0.453 e. The van der Waals surface area contributed by atoms with Crippen LogP contribution in [0.5, 0.6) is 0 Å². The van der Waals surface area contributed by atoms with Gasteiger partial charge in [-0.05, 0) is 6.92 Å². The summed E-state index contributed by atoms with van der Waals surface area (Å²) in [4.78, 5) is 10.7. The molecule has 0 aliphatic carbocycles. The highest BCUT2D eigenvalue weighted by Crippen LogP contribution is 2.27. The van der Waals surface area contributed by atoms with Crippen LogP contribution >= 0.6 is 0 Å². The van der Waals surface area contributed by atoms with Crippen molar-refractivity contribution in [3.63, 3.8) is 0 Å². The smallest absolute Gasteiger partial charge is 0.394 e. The van der Waals surface area contributed by atoms with Gasteiger partial charge in [0.25, 0.3) is 0 Å². The fourth-order valence-corrected chi connectivity index (χ4v) is 0.548. The maximum Gasteiger partial charge on any atom is 0.394 e. The molecule has 0 bridgehead atoms. The van der Waals surface area contributed by atoms with Crippen LogP contribution < -0.4 is 0 Å². The maximum absolute atomic E-state index is 12.6. The van der Waals surface area contributed by atoms with Gasteiger partial charge in [0, 0.05) is 5.57 Å². The summed E-state index contributed by atoms with van der Waals surface area (Å²) >= 11 is 0. The van der Waals surface area contributed by atoms with Crippen LogP contribution in [0, 0.1) is 0 Å². The zero-order chi connectivity index (χ0) is 13.0. The number of rotatable bonds is 6. The quantitative estimate of drug-likeness (QED) is 0.411. The van der Waals surface area contributed by atoms with E-state index in [0.717, 1.165) is 0 Å². The van der Waals surface area contributed by atoms with Gasteiger partial charge in [0.2, 0.25) is 0 Å². The van der Waals surface area contributed by atoms with E-state index in [1.54, 1.807) is 0 Å². The molecule has 0 aromatic rings. The highest BCUT2D eigenvalue weighted by atomic mass is 19.3. The lowest BCUT2D eigenvalue weighted by Gasteiger charge is -2.21. The number of hydrogen-bond donors (Lipinski definition) is 0. The average molecular weight is 248 g/mol. The van der Waals surface area contributed by atoms with Crippen LogP contribution in [-0.4, -0.2) is 31.5 Å². The van der Waals surface area contributed by atoms with Crippen LogP contribution in [-0.2, 0) is 14.3 Å². The first-order valence-corrected chi connectivity index (χ1v) is 3.94. The Hall–Kier alpha value is -1.18. The van der Waals surface area contributed by atoms with Gasteiger partial charge in [-0.25, -0.2) is 9.18 Å². The van der Waals surface area contributed by atoms with E-state index in [9.17, 15) is 26.7 Å². The molecule has 0 heterocycles. The van der Waals surface area contributed by atoms with Gasteiger partial charge in [0.05, 0.1) is 0 Å². The molecule has 0 aromatic carbocycles. The van der Waals surface area contributed by atoms with Gasteiger partial charge < -0.3 is 4.74 Å². The Kier molecular flexibility index (Phi) is 4.85. The van der Waals surface area contributed by atoms with Crippen molar-refractivity contribution in [1.82, 2.24) is 0 Å². The number of halogens is 5. The van der Waals surface area contributed by atoms with Crippen LogP contribution in [0.3, 0.4) is 0 Å². The molecule has 3 nitrogen and oxygen atoms in total. The third-order valence-electron chi connectivity index (χ3n) is 1.17. The summed E-state index contributed by atoms with van der Waals surface area (Å²) in [5, 5.41) is 0. The van der Waals surface area contributed by atoms with Gasteiger partial charge in [-0.1, -0.05) is 6.58 Å². The Morgan fingerprint density at radius 3 is 2.12 bits per heavy atom. The molecule has 0 N–H and O–H groups in total. The summed E-state index contributed by atoms with van der Waals surface area (Å²) in [6.07, 6.45) is -9.10. The molecule has 16 heavy (non-hydrogen) atoms. The van der Waals surface area contributed by atoms with E-state index in [0.29, 0.717) is 0 Å². The standard InChI is InChI=1S/C8H9F5O3/c1-5(2)6(14)15-4-8(12,13)16-7(10,11)3-9/h1,3-4H2,2H3. The number of ether oxygens (including phenoxy) is 2. The molecule has 0 unspecified atom stereocenters. The molecule has 0 amide bonds. The molecule has 0 fully saturated rings. The van der Waals surface area contributed by atoms with E-state index in [2.05, 4.69) is 16.1 Å². The Balaban J connectivity index is 4.25. The third kappa shape index (κ3) is 5.64.